The fourth-order valence-electron chi connectivity index (χ4n) is 2.53. The van der Waals surface area contributed by atoms with Crippen molar-refractivity contribution in [2.75, 3.05) is 38.2 Å². The van der Waals surface area contributed by atoms with E-state index in [4.69, 9.17) is 4.74 Å². The number of anilines is 1. The lowest BCUT2D eigenvalue weighted by Gasteiger charge is -2.30. The number of nitrogens with one attached hydrogen (secondary N) is 2. The Labute approximate surface area is 106 Å². The molecule has 1 fully saturated rings. The summed E-state index contributed by atoms with van der Waals surface area (Å²) in [6.45, 7) is 4.72. The van der Waals surface area contributed by atoms with E-state index in [1.54, 1.807) is 7.11 Å². The zero-order chi connectivity index (χ0) is 12.4. The van der Waals surface area contributed by atoms with E-state index in [-0.39, 0.29) is 0 Å². The number of H-pyrrole nitrogens is 1. The molecule has 0 amide bonds. The van der Waals surface area contributed by atoms with E-state index < -0.39 is 0 Å². The summed E-state index contributed by atoms with van der Waals surface area (Å²) in [5, 5.41) is 12.0. The summed E-state index contributed by atoms with van der Waals surface area (Å²) in [6, 6.07) is 6.27. The number of methoxy groups -OCH3 is 1. The van der Waals surface area contributed by atoms with Crippen LogP contribution in [0.3, 0.4) is 0 Å². The second-order valence-corrected chi connectivity index (χ2v) is 4.54. The van der Waals surface area contributed by atoms with Crippen LogP contribution in [0.2, 0.25) is 0 Å². The van der Waals surface area contributed by atoms with Crippen LogP contribution >= 0.6 is 0 Å². The third-order valence-corrected chi connectivity index (χ3v) is 3.38. The van der Waals surface area contributed by atoms with E-state index in [1.165, 1.54) is 11.1 Å². The average Bonchev–Trinajstić information content (AvgIpc) is 2.84. The van der Waals surface area contributed by atoms with Gasteiger partial charge in [0.2, 0.25) is 0 Å². The molecular weight excluding hydrogens is 228 g/mol. The lowest BCUT2D eigenvalue weighted by atomic mass is 10.1. The maximum absolute atomic E-state index is 5.23. The summed E-state index contributed by atoms with van der Waals surface area (Å²) in [5.41, 5.74) is 3.33. The molecule has 0 unspecified atom stereocenters. The molecule has 1 aromatic heterocycles. The molecule has 2 heterocycles. The molecule has 0 bridgehead atoms. The van der Waals surface area contributed by atoms with Gasteiger partial charge in [-0.1, -0.05) is 6.07 Å². The summed E-state index contributed by atoms with van der Waals surface area (Å²) in [5.74, 6) is 0. The molecule has 1 aromatic carbocycles. The Bertz CT molecular complexity index is 531. The number of hydrogen-bond acceptors (Lipinski definition) is 4. The van der Waals surface area contributed by atoms with Crippen molar-refractivity contribution in [1.29, 1.82) is 0 Å². The van der Waals surface area contributed by atoms with Crippen LogP contribution in [0.4, 0.5) is 5.69 Å². The minimum absolute atomic E-state index is 0.569. The van der Waals surface area contributed by atoms with E-state index in [9.17, 15) is 0 Å². The summed E-state index contributed by atoms with van der Waals surface area (Å²) in [4.78, 5) is 2.41. The number of ether oxygens (including phenoxy) is 1. The Hall–Kier alpha value is -1.59. The van der Waals surface area contributed by atoms with Crippen molar-refractivity contribution in [3.8, 4) is 0 Å². The lowest BCUT2D eigenvalue weighted by Crippen LogP contribution is -2.43. The van der Waals surface area contributed by atoms with E-state index in [0.717, 1.165) is 37.4 Å². The fraction of sp³-hybridized carbons (Fsp3) is 0.462. The molecule has 5 heteroatoms. The molecule has 96 valence electrons. The van der Waals surface area contributed by atoms with Crippen LogP contribution < -0.4 is 10.2 Å². The molecule has 1 aliphatic rings. The maximum atomic E-state index is 5.23. The van der Waals surface area contributed by atoms with Gasteiger partial charge in [0.15, 0.2) is 0 Å². The highest BCUT2D eigenvalue weighted by atomic mass is 16.5. The van der Waals surface area contributed by atoms with Crippen LogP contribution in [0, 0.1) is 0 Å². The summed E-state index contributed by atoms with van der Waals surface area (Å²) >= 11 is 0. The Morgan fingerprint density at radius 1 is 1.33 bits per heavy atom. The molecule has 1 aliphatic heterocycles. The number of hydrogen-bond donors (Lipinski definition) is 2. The van der Waals surface area contributed by atoms with E-state index in [2.05, 4.69) is 32.5 Å². The second kappa shape index (κ2) is 4.96. The largest absolute Gasteiger partial charge is 0.378 e. The van der Waals surface area contributed by atoms with Crippen LogP contribution in [0.15, 0.2) is 18.2 Å². The van der Waals surface area contributed by atoms with Gasteiger partial charge >= 0.3 is 0 Å². The average molecular weight is 246 g/mol. The van der Waals surface area contributed by atoms with Crippen LogP contribution in [-0.4, -0.2) is 43.5 Å². The van der Waals surface area contributed by atoms with Crippen LogP contribution in [0.5, 0.6) is 0 Å². The zero-order valence-corrected chi connectivity index (χ0v) is 10.6. The number of nitrogens with zero attached hydrogens (tertiary/aromatic N) is 2. The number of benzene rings is 1. The lowest BCUT2D eigenvalue weighted by molar-refractivity contribution is 0.182. The summed E-state index contributed by atoms with van der Waals surface area (Å²) in [7, 11) is 1.71. The third-order valence-electron chi connectivity index (χ3n) is 3.38. The van der Waals surface area contributed by atoms with Crippen molar-refractivity contribution < 1.29 is 4.74 Å². The minimum Gasteiger partial charge on any atom is -0.378 e. The Balaban J connectivity index is 2.06. The van der Waals surface area contributed by atoms with Crippen LogP contribution in [0.1, 0.15) is 5.69 Å². The van der Waals surface area contributed by atoms with Gasteiger partial charge in [0, 0.05) is 44.4 Å². The maximum Gasteiger partial charge on any atom is 0.0945 e. The number of aromatic nitrogens is 2. The van der Waals surface area contributed by atoms with Crippen molar-refractivity contribution >= 4 is 16.6 Å². The number of fused-ring (bicyclic) bond motifs is 1. The molecule has 5 nitrogen and oxygen atoms in total. The van der Waals surface area contributed by atoms with Gasteiger partial charge in [-0.3, -0.25) is 5.10 Å². The number of rotatable bonds is 3. The molecule has 0 atom stereocenters. The standard InChI is InChI=1S/C13H18N4O/c1-18-9-11-13-10(15-16-11)3-2-4-12(13)17-7-5-14-6-8-17/h2-4,14H,5-9H2,1H3,(H,15,16). The van der Waals surface area contributed by atoms with Gasteiger partial charge in [0.1, 0.15) is 0 Å². The first-order valence-corrected chi connectivity index (χ1v) is 6.30. The minimum atomic E-state index is 0.569. The highest BCUT2D eigenvalue weighted by Crippen LogP contribution is 2.29. The van der Waals surface area contributed by atoms with E-state index in [1.807, 2.05) is 6.07 Å². The number of piperazine rings is 1. The normalized spacial score (nSPS) is 16.4. The van der Waals surface area contributed by atoms with Crippen molar-refractivity contribution in [2.24, 2.45) is 0 Å². The molecule has 0 saturated carbocycles. The molecule has 2 N–H and O–H groups in total. The van der Waals surface area contributed by atoms with Crippen molar-refractivity contribution in [3.05, 3.63) is 23.9 Å². The van der Waals surface area contributed by atoms with Gasteiger partial charge < -0.3 is 15.0 Å². The SMILES string of the molecule is COCc1[nH]nc2cccc(N3CCNCC3)c12. The Kier molecular flexibility index (Phi) is 3.17. The fourth-order valence-corrected chi connectivity index (χ4v) is 2.53. The third kappa shape index (κ3) is 1.95. The predicted octanol–water partition coefficient (Wildman–Crippen LogP) is 1.12. The molecule has 0 spiro atoms. The first kappa shape index (κ1) is 11.5. The smallest absolute Gasteiger partial charge is 0.0945 e. The summed E-state index contributed by atoms with van der Waals surface area (Å²) < 4.78 is 5.23. The van der Waals surface area contributed by atoms with Gasteiger partial charge in [0.05, 0.1) is 17.8 Å². The van der Waals surface area contributed by atoms with Crippen LogP contribution in [0.25, 0.3) is 10.9 Å². The highest BCUT2D eigenvalue weighted by molar-refractivity contribution is 5.94. The van der Waals surface area contributed by atoms with Crippen LogP contribution in [-0.2, 0) is 11.3 Å². The van der Waals surface area contributed by atoms with Gasteiger partial charge in [0.25, 0.3) is 0 Å². The number of aromatic amines is 1. The quantitative estimate of drug-likeness (QED) is 0.852. The van der Waals surface area contributed by atoms with Gasteiger partial charge in [-0.2, -0.15) is 5.10 Å². The Morgan fingerprint density at radius 3 is 2.94 bits per heavy atom. The van der Waals surface area contributed by atoms with Gasteiger partial charge in [-0.05, 0) is 12.1 Å². The van der Waals surface area contributed by atoms with Crippen molar-refractivity contribution in [1.82, 2.24) is 15.5 Å². The molecule has 1 saturated heterocycles. The summed E-state index contributed by atoms with van der Waals surface area (Å²) in [6.07, 6.45) is 0. The monoisotopic (exact) mass is 246 g/mol. The van der Waals surface area contributed by atoms with Gasteiger partial charge in [-0.15, -0.1) is 0 Å². The van der Waals surface area contributed by atoms with Gasteiger partial charge in [-0.25, -0.2) is 0 Å². The predicted molar refractivity (Wildman–Crippen MR) is 71.9 cm³/mol. The molecule has 3 rings (SSSR count). The first-order chi connectivity index (χ1) is 8.90. The first-order valence-electron chi connectivity index (χ1n) is 6.30. The zero-order valence-electron chi connectivity index (χ0n) is 10.6. The molecule has 2 aromatic rings. The molecule has 18 heavy (non-hydrogen) atoms. The highest BCUT2D eigenvalue weighted by Gasteiger charge is 2.16. The second-order valence-electron chi connectivity index (χ2n) is 4.54. The molecule has 0 radical (unpaired) electrons. The van der Waals surface area contributed by atoms with E-state index >= 15 is 0 Å². The molecule has 0 aliphatic carbocycles. The van der Waals surface area contributed by atoms with Crippen molar-refractivity contribution in [2.45, 2.75) is 6.61 Å². The van der Waals surface area contributed by atoms with Crippen molar-refractivity contribution in [3.63, 3.8) is 0 Å². The topological polar surface area (TPSA) is 53.2 Å². The van der Waals surface area contributed by atoms with E-state index in [0.29, 0.717) is 6.61 Å². The Morgan fingerprint density at radius 2 is 2.17 bits per heavy atom. The molecular formula is C13H18N4O.